The average molecular weight is 368 g/mol. The molecule has 1 aliphatic carbocycles. The summed E-state index contributed by atoms with van der Waals surface area (Å²) in [4.78, 5) is 36.3. The van der Waals surface area contributed by atoms with Crippen LogP contribution in [0.3, 0.4) is 0 Å². The van der Waals surface area contributed by atoms with Crippen LogP contribution >= 0.6 is 0 Å². The van der Waals surface area contributed by atoms with Crippen LogP contribution in [-0.4, -0.2) is 45.0 Å². The van der Waals surface area contributed by atoms with Gasteiger partial charge in [0.05, 0.1) is 12.1 Å². The van der Waals surface area contributed by atoms with E-state index in [-0.39, 0.29) is 35.5 Å². The van der Waals surface area contributed by atoms with Crippen molar-refractivity contribution in [3.8, 4) is 12.3 Å². The molecule has 1 atom stereocenters. The number of Topliss-reactive ketones (excluding diaryl/α,β-unsaturated/α-hetero) is 1. The fourth-order valence-electron chi connectivity index (χ4n) is 3.72. The lowest BCUT2D eigenvalue weighted by Gasteiger charge is -2.43. The van der Waals surface area contributed by atoms with Crippen LogP contribution in [0, 0.1) is 19.3 Å². The van der Waals surface area contributed by atoms with Crippen LogP contribution in [0.25, 0.3) is 0 Å². The fourth-order valence-corrected chi connectivity index (χ4v) is 3.72. The molecule has 1 aliphatic heterocycles. The highest BCUT2D eigenvalue weighted by Crippen LogP contribution is 2.45. The molecule has 0 bridgehead atoms. The molecule has 2 heterocycles. The highest BCUT2D eigenvalue weighted by atomic mass is 19.3. The Hall–Kier alpha value is -2.76. The van der Waals surface area contributed by atoms with Crippen LogP contribution in [0.5, 0.6) is 0 Å². The zero-order chi connectivity index (χ0) is 19.4. The number of carbonyl (C=O) groups is 3. The molecule has 3 rings (SSSR count). The van der Waals surface area contributed by atoms with Gasteiger partial charge in [-0.05, 0) is 12.5 Å². The van der Waals surface area contributed by atoms with Crippen LogP contribution in [0.2, 0.25) is 0 Å². The van der Waals surface area contributed by atoms with E-state index in [1.165, 1.54) is 6.92 Å². The van der Waals surface area contributed by atoms with Gasteiger partial charge in [-0.1, -0.05) is 5.92 Å². The molecule has 26 heavy (non-hydrogen) atoms. The summed E-state index contributed by atoms with van der Waals surface area (Å²) in [5, 5.41) is 11.5. The standard InChI is InChI=1S/C17H15F3N2O4/c1-3-16(6-17(19,20)7-16)21-14(24)13(23)11-8(2)12(15(25)26)22-5-9(18)4-10(11)22/h1,9H,4-7H2,2H3,(H,21,24)(H,25,26). The number of carboxylic acids is 1. The van der Waals surface area contributed by atoms with E-state index in [1.807, 2.05) is 0 Å². The summed E-state index contributed by atoms with van der Waals surface area (Å²) in [7, 11) is 0. The van der Waals surface area contributed by atoms with Crippen LogP contribution in [0.15, 0.2) is 0 Å². The van der Waals surface area contributed by atoms with Crippen LogP contribution in [0.4, 0.5) is 13.2 Å². The van der Waals surface area contributed by atoms with Crippen molar-refractivity contribution >= 4 is 17.7 Å². The van der Waals surface area contributed by atoms with Crippen molar-refractivity contribution in [1.29, 1.82) is 0 Å². The van der Waals surface area contributed by atoms with Gasteiger partial charge in [0.2, 0.25) is 0 Å². The van der Waals surface area contributed by atoms with Gasteiger partial charge in [0.25, 0.3) is 17.6 Å². The average Bonchev–Trinajstić information content (AvgIpc) is 2.97. The quantitative estimate of drug-likeness (QED) is 0.479. The van der Waals surface area contributed by atoms with E-state index >= 15 is 0 Å². The predicted molar refractivity (Wildman–Crippen MR) is 82.9 cm³/mol. The topological polar surface area (TPSA) is 88.4 Å². The molecule has 1 saturated carbocycles. The number of aromatic carboxylic acids is 1. The molecule has 1 unspecified atom stereocenters. The Morgan fingerprint density at radius 3 is 2.46 bits per heavy atom. The molecule has 1 aromatic rings. The number of amides is 1. The number of aromatic nitrogens is 1. The van der Waals surface area contributed by atoms with E-state index in [4.69, 9.17) is 6.42 Å². The number of nitrogens with zero attached hydrogens (tertiary/aromatic N) is 1. The zero-order valence-electron chi connectivity index (χ0n) is 13.7. The van der Waals surface area contributed by atoms with Crippen LogP contribution in [0.1, 0.15) is 44.9 Å². The number of ketones is 1. The third-order valence-corrected chi connectivity index (χ3v) is 4.80. The molecular formula is C17H15F3N2O4. The van der Waals surface area contributed by atoms with Crippen molar-refractivity contribution in [2.45, 2.75) is 50.4 Å². The summed E-state index contributed by atoms with van der Waals surface area (Å²) in [6.07, 6.45) is 2.07. The van der Waals surface area contributed by atoms with Crippen molar-refractivity contribution in [1.82, 2.24) is 9.88 Å². The highest BCUT2D eigenvalue weighted by molar-refractivity contribution is 6.43. The van der Waals surface area contributed by atoms with Gasteiger partial charge in [-0.25, -0.2) is 18.0 Å². The van der Waals surface area contributed by atoms with E-state index in [2.05, 4.69) is 11.2 Å². The van der Waals surface area contributed by atoms with Gasteiger partial charge in [-0.3, -0.25) is 9.59 Å². The van der Waals surface area contributed by atoms with Crippen molar-refractivity contribution in [2.24, 2.45) is 0 Å². The number of carbonyl (C=O) groups excluding carboxylic acids is 2. The first kappa shape index (κ1) is 18.0. The Morgan fingerprint density at radius 1 is 1.35 bits per heavy atom. The lowest BCUT2D eigenvalue weighted by atomic mass is 9.74. The lowest BCUT2D eigenvalue weighted by Crippen LogP contribution is -2.62. The monoisotopic (exact) mass is 368 g/mol. The highest BCUT2D eigenvalue weighted by Gasteiger charge is 2.57. The number of carboxylic acid groups (broad SMARTS) is 1. The first-order valence-corrected chi connectivity index (χ1v) is 7.82. The van der Waals surface area contributed by atoms with Crippen LogP contribution in [-0.2, 0) is 17.8 Å². The lowest BCUT2D eigenvalue weighted by molar-refractivity contribution is -0.133. The molecule has 6 nitrogen and oxygen atoms in total. The van der Waals surface area contributed by atoms with Gasteiger partial charge in [0, 0.05) is 25.0 Å². The summed E-state index contributed by atoms with van der Waals surface area (Å²) in [6.45, 7) is 1.12. The van der Waals surface area contributed by atoms with Gasteiger partial charge in [0.15, 0.2) is 0 Å². The summed E-state index contributed by atoms with van der Waals surface area (Å²) in [6, 6.07) is 0. The first-order chi connectivity index (χ1) is 12.0. The molecular weight excluding hydrogens is 353 g/mol. The van der Waals surface area contributed by atoms with Gasteiger partial charge in [-0.2, -0.15) is 0 Å². The van der Waals surface area contributed by atoms with E-state index in [0.29, 0.717) is 0 Å². The third-order valence-electron chi connectivity index (χ3n) is 4.80. The Bertz CT molecular complexity index is 874. The van der Waals surface area contributed by atoms with Crippen molar-refractivity contribution in [2.75, 3.05) is 0 Å². The zero-order valence-corrected chi connectivity index (χ0v) is 13.7. The molecule has 138 valence electrons. The Labute approximate surface area is 146 Å². The van der Waals surface area contributed by atoms with Crippen molar-refractivity contribution < 1.29 is 32.7 Å². The van der Waals surface area contributed by atoms with Crippen LogP contribution < -0.4 is 5.32 Å². The maximum Gasteiger partial charge on any atom is 0.352 e. The predicted octanol–water partition coefficient (Wildman–Crippen LogP) is 1.49. The van der Waals surface area contributed by atoms with E-state index < -0.39 is 48.1 Å². The van der Waals surface area contributed by atoms with E-state index in [0.717, 1.165) is 4.57 Å². The SMILES string of the molecule is C#CC1(NC(=O)C(=O)c2c(C)c(C(=O)O)n3c2CC(F)C3)CC(F)(F)C1. The minimum absolute atomic E-state index is 0.0354. The minimum atomic E-state index is -3.02. The van der Waals surface area contributed by atoms with Gasteiger partial charge >= 0.3 is 5.97 Å². The molecule has 0 radical (unpaired) electrons. The Morgan fingerprint density at radius 2 is 1.96 bits per heavy atom. The molecule has 0 spiro atoms. The Balaban J connectivity index is 1.92. The molecule has 0 saturated heterocycles. The van der Waals surface area contributed by atoms with Crippen molar-refractivity contribution in [3.63, 3.8) is 0 Å². The normalized spacial score (nSPS) is 22.0. The van der Waals surface area contributed by atoms with E-state index in [9.17, 15) is 32.7 Å². The number of nitrogens with one attached hydrogen (secondary N) is 1. The molecule has 1 amide bonds. The largest absolute Gasteiger partial charge is 0.477 e. The van der Waals surface area contributed by atoms with Gasteiger partial charge in [0.1, 0.15) is 17.4 Å². The number of terminal acetylenes is 1. The molecule has 2 N–H and O–H groups in total. The third kappa shape index (κ3) is 2.66. The molecule has 9 heteroatoms. The minimum Gasteiger partial charge on any atom is -0.477 e. The van der Waals surface area contributed by atoms with Crippen molar-refractivity contribution in [3.05, 3.63) is 22.5 Å². The number of fused-ring (bicyclic) bond motifs is 1. The van der Waals surface area contributed by atoms with E-state index in [1.54, 1.807) is 0 Å². The summed E-state index contributed by atoms with van der Waals surface area (Å²) in [5.74, 6) is -4.62. The Kier molecular flexibility index (Phi) is 3.90. The second-order valence-corrected chi connectivity index (χ2v) is 6.73. The second-order valence-electron chi connectivity index (χ2n) is 6.73. The molecule has 0 aromatic carbocycles. The summed E-state index contributed by atoms with van der Waals surface area (Å²) < 4.78 is 41.1. The number of hydrogen-bond acceptors (Lipinski definition) is 3. The number of alkyl halides is 3. The number of rotatable bonds is 4. The summed E-state index contributed by atoms with van der Waals surface area (Å²) >= 11 is 0. The molecule has 1 aromatic heterocycles. The molecule has 2 aliphatic rings. The van der Waals surface area contributed by atoms with Gasteiger partial charge in [-0.15, -0.1) is 6.42 Å². The smallest absolute Gasteiger partial charge is 0.352 e. The number of hydrogen-bond donors (Lipinski definition) is 2. The summed E-state index contributed by atoms with van der Waals surface area (Å²) in [5.41, 5.74) is -1.95. The first-order valence-electron chi connectivity index (χ1n) is 7.82. The second kappa shape index (κ2) is 5.62. The maximum atomic E-state index is 13.7. The number of halogens is 3. The van der Waals surface area contributed by atoms with Gasteiger partial charge < -0.3 is 15.0 Å². The molecule has 1 fully saturated rings. The fraction of sp³-hybridized carbons (Fsp3) is 0.471. The maximum absolute atomic E-state index is 13.7.